The molecule has 0 unspecified atom stereocenters. The zero-order valence-corrected chi connectivity index (χ0v) is 15.8. The van der Waals surface area contributed by atoms with Crippen LogP contribution in [0.15, 0.2) is 67.1 Å². The molecule has 6 heteroatoms. The number of aromatic nitrogens is 2. The number of rotatable bonds is 9. The zero-order valence-electron chi connectivity index (χ0n) is 15.8. The van der Waals surface area contributed by atoms with E-state index in [1.807, 2.05) is 43.3 Å². The number of carbonyl (C=O) groups is 1. The third-order valence-corrected chi connectivity index (χ3v) is 4.00. The molecule has 0 saturated carbocycles. The van der Waals surface area contributed by atoms with Crippen LogP contribution in [0.3, 0.4) is 0 Å². The highest BCUT2D eigenvalue weighted by Crippen LogP contribution is 2.24. The second kappa shape index (κ2) is 10.1. The Hall–Kier alpha value is -3.41. The SMILES string of the molecule is Cc1ccc(Oc2ccc(OCC(=O)NCCCc3cnccn3)cc2)cc1. The minimum absolute atomic E-state index is 0.0245. The number of amides is 1. The monoisotopic (exact) mass is 377 g/mol. The van der Waals surface area contributed by atoms with Crippen LogP contribution >= 0.6 is 0 Å². The fourth-order valence-corrected chi connectivity index (χ4v) is 2.50. The predicted molar refractivity (Wildman–Crippen MR) is 107 cm³/mol. The second-order valence-corrected chi connectivity index (χ2v) is 6.33. The third kappa shape index (κ3) is 6.39. The lowest BCUT2D eigenvalue weighted by Gasteiger charge is -2.09. The maximum atomic E-state index is 11.9. The summed E-state index contributed by atoms with van der Waals surface area (Å²) in [4.78, 5) is 20.1. The number of nitrogens with zero attached hydrogens (tertiary/aromatic N) is 2. The van der Waals surface area contributed by atoms with Crippen LogP contribution in [0.4, 0.5) is 0 Å². The minimum atomic E-state index is -0.154. The van der Waals surface area contributed by atoms with E-state index in [2.05, 4.69) is 15.3 Å². The standard InChI is InChI=1S/C22H23N3O3/c1-17-4-6-20(7-5-17)28-21-10-8-19(9-11-21)27-16-22(26)25-12-2-3-18-15-23-13-14-24-18/h4-11,13-15H,2-3,12,16H2,1H3,(H,25,26). The van der Waals surface area contributed by atoms with Gasteiger partial charge in [0.25, 0.3) is 5.91 Å². The average molecular weight is 377 g/mol. The van der Waals surface area contributed by atoms with Gasteiger partial charge in [-0.05, 0) is 56.2 Å². The quantitative estimate of drug-likeness (QED) is 0.576. The summed E-state index contributed by atoms with van der Waals surface area (Å²) in [6, 6.07) is 15.0. The Balaban J connectivity index is 1.35. The maximum Gasteiger partial charge on any atom is 0.257 e. The smallest absolute Gasteiger partial charge is 0.257 e. The number of nitrogens with one attached hydrogen (secondary N) is 1. The molecule has 3 aromatic rings. The maximum absolute atomic E-state index is 11.9. The average Bonchev–Trinajstić information content (AvgIpc) is 2.73. The molecule has 0 aliphatic carbocycles. The topological polar surface area (TPSA) is 73.3 Å². The number of aryl methyl sites for hydroxylation is 2. The summed E-state index contributed by atoms with van der Waals surface area (Å²) in [5.74, 6) is 1.95. The van der Waals surface area contributed by atoms with Crippen LogP contribution in [-0.4, -0.2) is 29.0 Å². The van der Waals surface area contributed by atoms with Crippen LogP contribution in [0.5, 0.6) is 17.2 Å². The lowest BCUT2D eigenvalue weighted by molar-refractivity contribution is -0.123. The summed E-state index contributed by atoms with van der Waals surface area (Å²) in [5.41, 5.74) is 2.10. The molecule has 0 atom stereocenters. The first-order chi connectivity index (χ1) is 13.7. The van der Waals surface area contributed by atoms with Gasteiger partial charge in [0.15, 0.2) is 6.61 Å². The molecule has 1 N–H and O–H groups in total. The molecule has 144 valence electrons. The molecule has 6 nitrogen and oxygen atoms in total. The van der Waals surface area contributed by atoms with Crippen molar-refractivity contribution in [3.8, 4) is 17.2 Å². The van der Waals surface area contributed by atoms with E-state index >= 15 is 0 Å². The van der Waals surface area contributed by atoms with Crippen LogP contribution in [0.1, 0.15) is 17.7 Å². The van der Waals surface area contributed by atoms with Crippen LogP contribution < -0.4 is 14.8 Å². The summed E-state index contributed by atoms with van der Waals surface area (Å²) in [5, 5.41) is 2.83. The normalized spacial score (nSPS) is 10.3. The van der Waals surface area contributed by atoms with Crippen molar-refractivity contribution in [3.63, 3.8) is 0 Å². The van der Waals surface area contributed by atoms with Crippen molar-refractivity contribution >= 4 is 5.91 Å². The zero-order chi connectivity index (χ0) is 19.6. The van der Waals surface area contributed by atoms with E-state index in [4.69, 9.17) is 9.47 Å². The molecular formula is C22H23N3O3. The lowest BCUT2D eigenvalue weighted by Crippen LogP contribution is -2.29. The lowest BCUT2D eigenvalue weighted by atomic mass is 10.2. The number of benzene rings is 2. The van der Waals surface area contributed by atoms with Gasteiger partial charge in [-0.1, -0.05) is 17.7 Å². The first kappa shape index (κ1) is 19.4. The number of carbonyl (C=O) groups excluding carboxylic acids is 1. The predicted octanol–water partition coefficient (Wildman–Crippen LogP) is 3.71. The van der Waals surface area contributed by atoms with Crippen LogP contribution in [-0.2, 0) is 11.2 Å². The second-order valence-electron chi connectivity index (χ2n) is 6.33. The first-order valence-electron chi connectivity index (χ1n) is 9.18. The molecule has 0 radical (unpaired) electrons. The molecule has 3 rings (SSSR count). The fourth-order valence-electron chi connectivity index (χ4n) is 2.50. The van der Waals surface area contributed by atoms with Gasteiger partial charge in [0.1, 0.15) is 17.2 Å². The van der Waals surface area contributed by atoms with Crippen molar-refractivity contribution in [1.29, 1.82) is 0 Å². The van der Waals surface area contributed by atoms with Gasteiger partial charge < -0.3 is 14.8 Å². The van der Waals surface area contributed by atoms with E-state index in [0.29, 0.717) is 18.0 Å². The van der Waals surface area contributed by atoms with Crippen molar-refractivity contribution in [2.24, 2.45) is 0 Å². The highest BCUT2D eigenvalue weighted by atomic mass is 16.5. The van der Waals surface area contributed by atoms with Gasteiger partial charge in [0.2, 0.25) is 0 Å². The van der Waals surface area contributed by atoms with Gasteiger partial charge in [-0.25, -0.2) is 0 Å². The van der Waals surface area contributed by atoms with Crippen LogP contribution in [0.25, 0.3) is 0 Å². The summed E-state index contributed by atoms with van der Waals surface area (Å²) >= 11 is 0. The van der Waals surface area contributed by atoms with Gasteiger partial charge in [-0.3, -0.25) is 14.8 Å². The van der Waals surface area contributed by atoms with Crippen molar-refractivity contribution in [3.05, 3.63) is 78.4 Å². The van der Waals surface area contributed by atoms with Crippen molar-refractivity contribution in [1.82, 2.24) is 15.3 Å². The fraction of sp³-hybridized carbons (Fsp3) is 0.227. The first-order valence-corrected chi connectivity index (χ1v) is 9.18. The molecule has 1 amide bonds. The van der Waals surface area contributed by atoms with E-state index in [1.165, 1.54) is 5.56 Å². The molecule has 1 aromatic heterocycles. The van der Waals surface area contributed by atoms with Gasteiger partial charge >= 0.3 is 0 Å². The van der Waals surface area contributed by atoms with Gasteiger partial charge in [-0.2, -0.15) is 0 Å². The Labute approximate surface area is 164 Å². The highest BCUT2D eigenvalue weighted by Gasteiger charge is 2.04. The highest BCUT2D eigenvalue weighted by molar-refractivity contribution is 5.77. The van der Waals surface area contributed by atoms with Gasteiger partial charge in [-0.15, -0.1) is 0 Å². The summed E-state index contributed by atoms with van der Waals surface area (Å²) in [6.07, 6.45) is 6.62. The van der Waals surface area contributed by atoms with Crippen molar-refractivity contribution in [2.75, 3.05) is 13.2 Å². The Kier molecular flexibility index (Phi) is 6.95. The van der Waals surface area contributed by atoms with E-state index in [-0.39, 0.29) is 12.5 Å². The Morgan fingerprint density at radius 2 is 1.64 bits per heavy atom. The Morgan fingerprint density at radius 3 is 2.32 bits per heavy atom. The third-order valence-electron chi connectivity index (χ3n) is 4.00. The number of ether oxygens (including phenoxy) is 2. The molecule has 2 aromatic carbocycles. The van der Waals surface area contributed by atoms with Crippen molar-refractivity contribution < 1.29 is 14.3 Å². The summed E-state index contributed by atoms with van der Waals surface area (Å²) < 4.78 is 11.3. The van der Waals surface area contributed by atoms with Gasteiger partial charge in [0, 0.05) is 25.1 Å². The van der Waals surface area contributed by atoms with Crippen LogP contribution in [0.2, 0.25) is 0 Å². The molecule has 0 saturated heterocycles. The van der Waals surface area contributed by atoms with Gasteiger partial charge in [0.05, 0.1) is 5.69 Å². The van der Waals surface area contributed by atoms with E-state index in [1.54, 1.807) is 30.7 Å². The van der Waals surface area contributed by atoms with E-state index < -0.39 is 0 Å². The van der Waals surface area contributed by atoms with Crippen molar-refractivity contribution in [2.45, 2.75) is 19.8 Å². The Bertz CT molecular complexity index is 866. The number of hydrogen-bond acceptors (Lipinski definition) is 5. The summed E-state index contributed by atoms with van der Waals surface area (Å²) in [6.45, 7) is 2.58. The van der Waals surface area contributed by atoms with Crippen LogP contribution in [0, 0.1) is 6.92 Å². The molecule has 0 aliphatic heterocycles. The van der Waals surface area contributed by atoms with E-state index in [9.17, 15) is 4.79 Å². The van der Waals surface area contributed by atoms with E-state index in [0.717, 1.165) is 24.3 Å². The largest absolute Gasteiger partial charge is 0.484 e. The molecule has 1 heterocycles. The molecule has 0 aliphatic rings. The molecule has 0 fully saturated rings. The summed E-state index contributed by atoms with van der Waals surface area (Å²) in [7, 11) is 0. The minimum Gasteiger partial charge on any atom is -0.484 e. The molecule has 28 heavy (non-hydrogen) atoms. The molecular weight excluding hydrogens is 354 g/mol. The molecule has 0 spiro atoms. The number of hydrogen-bond donors (Lipinski definition) is 1. The molecule has 0 bridgehead atoms. The Morgan fingerprint density at radius 1 is 0.964 bits per heavy atom.